The molecule has 1 unspecified atom stereocenters. The molecular formula is C13H16BrCl2NO2. The number of methoxy groups -OCH3 is 1. The van der Waals surface area contributed by atoms with Gasteiger partial charge in [0.15, 0.2) is 0 Å². The number of nitrogens with one attached hydrogen (secondary N) is 1. The van der Waals surface area contributed by atoms with Crippen LogP contribution >= 0.6 is 39.1 Å². The number of hydrogen-bond donors (Lipinski definition) is 1. The van der Waals surface area contributed by atoms with Crippen molar-refractivity contribution in [3.8, 4) is 5.75 Å². The van der Waals surface area contributed by atoms with Gasteiger partial charge in [0.2, 0.25) is 0 Å². The van der Waals surface area contributed by atoms with Gasteiger partial charge in [0.1, 0.15) is 11.9 Å². The van der Waals surface area contributed by atoms with Gasteiger partial charge in [0.25, 0.3) is 0 Å². The zero-order valence-corrected chi connectivity index (χ0v) is 13.7. The number of hydrogen-bond acceptors (Lipinski definition) is 3. The maximum atomic E-state index is 6.15. The molecule has 1 saturated carbocycles. The molecule has 0 saturated heterocycles. The molecule has 0 aliphatic heterocycles. The summed E-state index contributed by atoms with van der Waals surface area (Å²) in [5.74, 6) is 0.578. The standard InChI is InChI=1S/C13H16BrCl2NO2/c1-18-7-9(6-17-8-2-3-8)19-13-5-11(15)10(14)4-12(13)16/h4-5,8-9,17H,2-3,6-7H2,1H3. The fourth-order valence-electron chi connectivity index (χ4n) is 1.68. The monoisotopic (exact) mass is 367 g/mol. The Morgan fingerprint density at radius 2 is 2.11 bits per heavy atom. The summed E-state index contributed by atoms with van der Waals surface area (Å²) in [5.41, 5.74) is 0. The van der Waals surface area contributed by atoms with Gasteiger partial charge >= 0.3 is 0 Å². The lowest BCUT2D eigenvalue weighted by Crippen LogP contribution is -2.36. The van der Waals surface area contributed by atoms with Crippen LogP contribution in [-0.4, -0.2) is 32.4 Å². The maximum absolute atomic E-state index is 6.15. The fourth-order valence-corrected chi connectivity index (χ4v) is 2.52. The van der Waals surface area contributed by atoms with Gasteiger partial charge in [-0.05, 0) is 34.8 Å². The first-order valence-electron chi connectivity index (χ1n) is 6.13. The molecule has 106 valence electrons. The molecule has 0 radical (unpaired) electrons. The molecule has 0 heterocycles. The molecule has 1 fully saturated rings. The van der Waals surface area contributed by atoms with E-state index in [0.29, 0.717) is 28.4 Å². The highest BCUT2D eigenvalue weighted by atomic mass is 79.9. The van der Waals surface area contributed by atoms with E-state index in [1.165, 1.54) is 12.8 Å². The fraction of sp³-hybridized carbons (Fsp3) is 0.538. The van der Waals surface area contributed by atoms with Crippen LogP contribution in [-0.2, 0) is 4.74 Å². The van der Waals surface area contributed by atoms with Crippen LogP contribution < -0.4 is 10.1 Å². The predicted molar refractivity (Wildman–Crippen MR) is 81.5 cm³/mol. The lowest BCUT2D eigenvalue weighted by atomic mass is 10.3. The third-order valence-corrected chi connectivity index (χ3v) is 4.32. The lowest BCUT2D eigenvalue weighted by Gasteiger charge is -2.20. The molecule has 1 aliphatic carbocycles. The number of rotatable bonds is 7. The Hall–Kier alpha value is -0.0000000000000000555. The Morgan fingerprint density at radius 3 is 2.74 bits per heavy atom. The van der Waals surface area contributed by atoms with Gasteiger partial charge in [0.05, 0.1) is 16.7 Å². The maximum Gasteiger partial charge on any atom is 0.140 e. The molecule has 0 aromatic heterocycles. The molecule has 19 heavy (non-hydrogen) atoms. The van der Waals surface area contributed by atoms with E-state index < -0.39 is 0 Å². The van der Waals surface area contributed by atoms with Crippen molar-refractivity contribution < 1.29 is 9.47 Å². The van der Waals surface area contributed by atoms with Gasteiger partial charge in [-0.25, -0.2) is 0 Å². The minimum absolute atomic E-state index is 0.0830. The van der Waals surface area contributed by atoms with Crippen LogP contribution in [0.4, 0.5) is 0 Å². The average Bonchev–Trinajstić information content (AvgIpc) is 3.17. The second-order valence-corrected chi connectivity index (χ2v) is 6.24. The van der Waals surface area contributed by atoms with E-state index in [0.717, 1.165) is 11.0 Å². The van der Waals surface area contributed by atoms with E-state index in [4.69, 9.17) is 32.7 Å². The molecule has 0 spiro atoms. The van der Waals surface area contributed by atoms with Crippen molar-refractivity contribution in [3.05, 3.63) is 26.7 Å². The summed E-state index contributed by atoms with van der Waals surface area (Å²) in [7, 11) is 1.66. The second kappa shape index (κ2) is 7.14. The quantitative estimate of drug-likeness (QED) is 0.740. The largest absolute Gasteiger partial charge is 0.485 e. The van der Waals surface area contributed by atoms with Gasteiger partial charge in [-0.3, -0.25) is 0 Å². The third kappa shape index (κ3) is 4.80. The van der Waals surface area contributed by atoms with Gasteiger partial charge in [-0.2, -0.15) is 0 Å². The lowest BCUT2D eigenvalue weighted by molar-refractivity contribution is 0.0804. The van der Waals surface area contributed by atoms with Crippen molar-refractivity contribution in [3.63, 3.8) is 0 Å². The van der Waals surface area contributed by atoms with Crippen LogP contribution in [0.15, 0.2) is 16.6 Å². The summed E-state index contributed by atoms with van der Waals surface area (Å²) < 4.78 is 11.8. The first-order chi connectivity index (χ1) is 9.10. The molecule has 1 atom stereocenters. The molecule has 6 heteroatoms. The highest BCUT2D eigenvalue weighted by Crippen LogP contribution is 2.34. The zero-order chi connectivity index (χ0) is 13.8. The Balaban J connectivity index is 2.00. The highest BCUT2D eigenvalue weighted by Gasteiger charge is 2.23. The summed E-state index contributed by atoms with van der Waals surface area (Å²) in [6.07, 6.45) is 2.40. The summed E-state index contributed by atoms with van der Waals surface area (Å²) in [6.45, 7) is 1.24. The van der Waals surface area contributed by atoms with Crippen LogP contribution in [0.25, 0.3) is 0 Å². The van der Waals surface area contributed by atoms with Gasteiger partial charge in [-0.15, -0.1) is 0 Å². The number of ether oxygens (including phenoxy) is 2. The van der Waals surface area contributed by atoms with Crippen LogP contribution in [0, 0.1) is 0 Å². The smallest absolute Gasteiger partial charge is 0.140 e. The normalized spacial score (nSPS) is 16.4. The van der Waals surface area contributed by atoms with Crippen molar-refractivity contribution >= 4 is 39.1 Å². The van der Waals surface area contributed by atoms with Crippen molar-refractivity contribution in [2.75, 3.05) is 20.3 Å². The van der Waals surface area contributed by atoms with Gasteiger partial charge in [-0.1, -0.05) is 23.2 Å². The molecule has 1 aromatic rings. The minimum atomic E-state index is -0.0830. The molecular weight excluding hydrogens is 353 g/mol. The zero-order valence-electron chi connectivity index (χ0n) is 10.6. The van der Waals surface area contributed by atoms with Gasteiger partial charge < -0.3 is 14.8 Å². The first kappa shape index (κ1) is 15.4. The van der Waals surface area contributed by atoms with E-state index >= 15 is 0 Å². The first-order valence-corrected chi connectivity index (χ1v) is 7.68. The topological polar surface area (TPSA) is 30.5 Å². The molecule has 1 aliphatic rings. The third-order valence-electron chi connectivity index (χ3n) is 2.83. The molecule has 0 bridgehead atoms. The Bertz CT molecular complexity index is 441. The summed E-state index contributed by atoms with van der Waals surface area (Å²) in [5, 5.41) is 4.52. The molecule has 1 aromatic carbocycles. The highest BCUT2D eigenvalue weighted by molar-refractivity contribution is 9.10. The molecule has 1 N–H and O–H groups in total. The van der Waals surface area contributed by atoms with Crippen LogP contribution in [0.2, 0.25) is 10.0 Å². The second-order valence-electron chi connectivity index (χ2n) is 4.57. The summed E-state index contributed by atoms with van der Waals surface area (Å²) in [6, 6.07) is 4.08. The van der Waals surface area contributed by atoms with E-state index in [9.17, 15) is 0 Å². The van der Waals surface area contributed by atoms with Crippen molar-refractivity contribution in [2.24, 2.45) is 0 Å². The number of halogens is 3. The van der Waals surface area contributed by atoms with E-state index in [1.54, 1.807) is 19.2 Å². The van der Waals surface area contributed by atoms with Crippen LogP contribution in [0.5, 0.6) is 5.75 Å². The Kier molecular flexibility index (Phi) is 5.78. The predicted octanol–water partition coefficient (Wildman–Crippen LogP) is 3.90. The van der Waals surface area contributed by atoms with Crippen molar-refractivity contribution in [1.29, 1.82) is 0 Å². The van der Waals surface area contributed by atoms with E-state index in [2.05, 4.69) is 21.2 Å². The Morgan fingerprint density at radius 1 is 1.37 bits per heavy atom. The Labute approximate surface area is 131 Å². The SMILES string of the molecule is COCC(CNC1CC1)Oc1cc(Cl)c(Br)cc1Cl. The molecule has 3 nitrogen and oxygen atoms in total. The summed E-state index contributed by atoms with van der Waals surface area (Å²) in [4.78, 5) is 0. The van der Waals surface area contributed by atoms with E-state index in [1.807, 2.05) is 0 Å². The molecule has 0 amide bonds. The average molecular weight is 369 g/mol. The minimum Gasteiger partial charge on any atom is -0.485 e. The number of benzene rings is 1. The molecule has 2 rings (SSSR count). The van der Waals surface area contributed by atoms with Gasteiger partial charge in [0, 0.05) is 30.2 Å². The van der Waals surface area contributed by atoms with Crippen molar-refractivity contribution in [1.82, 2.24) is 5.32 Å². The van der Waals surface area contributed by atoms with E-state index in [-0.39, 0.29) is 6.10 Å². The summed E-state index contributed by atoms with van der Waals surface area (Å²) >= 11 is 15.5. The van der Waals surface area contributed by atoms with Crippen LogP contribution in [0.1, 0.15) is 12.8 Å². The van der Waals surface area contributed by atoms with Crippen LogP contribution in [0.3, 0.4) is 0 Å². The van der Waals surface area contributed by atoms with Crippen molar-refractivity contribution in [2.45, 2.75) is 25.0 Å².